The highest BCUT2D eigenvalue weighted by atomic mass is 16.5. The SMILES string of the molecule is CN(C)C(=O)c1cc(NC(=O)N2CC3(CCC3)C2C2CCOCC2)ccn1. The molecule has 0 aromatic carbocycles. The molecule has 3 fully saturated rings. The van der Waals surface area contributed by atoms with E-state index in [-0.39, 0.29) is 11.9 Å². The van der Waals surface area contributed by atoms with Gasteiger partial charge in [0.2, 0.25) is 0 Å². The van der Waals surface area contributed by atoms with Crippen LogP contribution in [-0.4, -0.2) is 66.6 Å². The van der Waals surface area contributed by atoms with E-state index in [1.165, 1.54) is 24.2 Å². The second-order valence-electron chi connectivity index (χ2n) is 8.30. The monoisotopic (exact) mass is 372 g/mol. The van der Waals surface area contributed by atoms with Crippen molar-refractivity contribution in [2.75, 3.05) is 39.2 Å². The minimum absolute atomic E-state index is 0.0709. The van der Waals surface area contributed by atoms with Gasteiger partial charge in [-0.25, -0.2) is 4.79 Å². The minimum atomic E-state index is -0.177. The highest BCUT2D eigenvalue weighted by Gasteiger charge is 2.59. The zero-order valence-corrected chi connectivity index (χ0v) is 16.1. The van der Waals surface area contributed by atoms with Crippen LogP contribution in [0.4, 0.5) is 10.5 Å². The number of carbonyl (C=O) groups excluding carboxylic acids is 2. The summed E-state index contributed by atoms with van der Waals surface area (Å²) in [6, 6.07) is 3.62. The minimum Gasteiger partial charge on any atom is -0.381 e. The van der Waals surface area contributed by atoms with Crippen LogP contribution >= 0.6 is 0 Å². The quantitative estimate of drug-likeness (QED) is 0.885. The van der Waals surface area contributed by atoms with E-state index in [0.29, 0.717) is 28.8 Å². The summed E-state index contributed by atoms with van der Waals surface area (Å²) in [6.07, 6.45) is 7.37. The van der Waals surface area contributed by atoms with Crippen LogP contribution in [0.3, 0.4) is 0 Å². The third-order valence-corrected chi connectivity index (χ3v) is 6.41. The molecule has 1 aliphatic carbocycles. The smallest absolute Gasteiger partial charge is 0.322 e. The third kappa shape index (κ3) is 3.29. The lowest BCUT2D eigenvalue weighted by Crippen LogP contribution is -2.72. The molecule has 2 saturated heterocycles. The fourth-order valence-electron chi connectivity index (χ4n) is 4.87. The fraction of sp³-hybridized carbons (Fsp3) is 0.650. The zero-order chi connectivity index (χ0) is 19.0. The Kier molecular flexibility index (Phi) is 4.80. The van der Waals surface area contributed by atoms with Crippen molar-refractivity contribution in [1.29, 1.82) is 0 Å². The van der Waals surface area contributed by atoms with Gasteiger partial charge in [-0.15, -0.1) is 0 Å². The van der Waals surface area contributed by atoms with Gasteiger partial charge >= 0.3 is 6.03 Å². The average Bonchev–Trinajstić information content (AvgIpc) is 2.60. The Morgan fingerprint density at radius 3 is 2.67 bits per heavy atom. The summed E-state index contributed by atoms with van der Waals surface area (Å²) in [5.41, 5.74) is 1.28. The Labute approximate surface area is 160 Å². The molecule has 27 heavy (non-hydrogen) atoms. The van der Waals surface area contributed by atoms with E-state index in [0.717, 1.165) is 32.6 Å². The van der Waals surface area contributed by atoms with Crippen LogP contribution in [0.1, 0.15) is 42.6 Å². The fourth-order valence-corrected chi connectivity index (χ4v) is 4.87. The van der Waals surface area contributed by atoms with E-state index in [1.54, 1.807) is 32.4 Å². The maximum absolute atomic E-state index is 13.0. The molecular formula is C20H28N4O3. The first-order chi connectivity index (χ1) is 13.0. The molecule has 7 nitrogen and oxygen atoms in total. The maximum Gasteiger partial charge on any atom is 0.322 e. The molecule has 0 bridgehead atoms. The predicted molar refractivity (Wildman–Crippen MR) is 102 cm³/mol. The van der Waals surface area contributed by atoms with Gasteiger partial charge in [0.15, 0.2) is 0 Å². The van der Waals surface area contributed by atoms with E-state index in [9.17, 15) is 9.59 Å². The highest BCUT2D eigenvalue weighted by molar-refractivity contribution is 5.95. The number of ether oxygens (including phenoxy) is 1. The molecule has 7 heteroatoms. The van der Waals surface area contributed by atoms with Gasteiger partial charge in [0.1, 0.15) is 5.69 Å². The van der Waals surface area contributed by atoms with Gasteiger partial charge in [-0.05, 0) is 43.7 Å². The molecule has 1 N–H and O–H groups in total. The predicted octanol–water partition coefficient (Wildman–Crippen LogP) is 2.60. The molecule has 0 radical (unpaired) electrons. The van der Waals surface area contributed by atoms with E-state index in [1.807, 2.05) is 4.90 Å². The first-order valence-electron chi connectivity index (χ1n) is 9.83. The number of carbonyl (C=O) groups is 2. The summed E-state index contributed by atoms with van der Waals surface area (Å²) >= 11 is 0. The van der Waals surface area contributed by atoms with Crippen LogP contribution in [0.15, 0.2) is 18.3 Å². The van der Waals surface area contributed by atoms with Crippen LogP contribution < -0.4 is 5.32 Å². The Hall–Kier alpha value is -2.15. The standard InChI is InChI=1S/C20H28N4O3/c1-23(2)18(25)16-12-15(4-9-21-16)22-19(26)24-13-20(7-3-8-20)17(24)14-5-10-27-11-6-14/h4,9,12,14,17H,3,5-8,10-11,13H2,1-2H3,(H,21,22,26). The number of nitrogens with zero attached hydrogens (tertiary/aromatic N) is 3. The molecule has 1 aromatic rings. The summed E-state index contributed by atoms with van der Waals surface area (Å²) in [6.45, 7) is 2.44. The Morgan fingerprint density at radius 2 is 2.04 bits per heavy atom. The van der Waals surface area contributed by atoms with Gasteiger partial charge in [0.05, 0.1) is 0 Å². The molecule has 3 aliphatic rings. The van der Waals surface area contributed by atoms with Crippen LogP contribution in [0, 0.1) is 11.3 Å². The number of hydrogen-bond acceptors (Lipinski definition) is 4. The van der Waals surface area contributed by atoms with Crippen molar-refractivity contribution < 1.29 is 14.3 Å². The van der Waals surface area contributed by atoms with Crippen molar-refractivity contribution in [3.63, 3.8) is 0 Å². The number of aromatic nitrogens is 1. The molecule has 1 aromatic heterocycles. The number of urea groups is 1. The third-order valence-electron chi connectivity index (χ3n) is 6.41. The highest BCUT2D eigenvalue weighted by Crippen LogP contribution is 2.56. The molecule has 1 spiro atoms. The van der Waals surface area contributed by atoms with E-state index in [2.05, 4.69) is 10.3 Å². The molecular weight excluding hydrogens is 344 g/mol. The van der Waals surface area contributed by atoms with Gasteiger partial charge in [-0.2, -0.15) is 0 Å². The van der Waals surface area contributed by atoms with Crippen molar-refractivity contribution in [2.45, 2.75) is 38.1 Å². The van der Waals surface area contributed by atoms with Crippen LogP contribution in [-0.2, 0) is 4.74 Å². The number of rotatable bonds is 3. The molecule has 2 aliphatic heterocycles. The Morgan fingerprint density at radius 1 is 1.30 bits per heavy atom. The molecule has 1 saturated carbocycles. The van der Waals surface area contributed by atoms with Gasteiger partial charge in [-0.3, -0.25) is 9.78 Å². The number of amides is 3. The van der Waals surface area contributed by atoms with Gasteiger partial charge in [0, 0.05) is 57.2 Å². The average molecular weight is 372 g/mol. The van der Waals surface area contributed by atoms with Crippen molar-refractivity contribution >= 4 is 17.6 Å². The van der Waals surface area contributed by atoms with E-state index in [4.69, 9.17) is 4.74 Å². The number of hydrogen-bond donors (Lipinski definition) is 1. The summed E-state index contributed by atoms with van der Waals surface area (Å²) < 4.78 is 5.52. The first-order valence-corrected chi connectivity index (χ1v) is 9.83. The molecule has 1 unspecified atom stereocenters. The number of anilines is 1. The summed E-state index contributed by atoms with van der Waals surface area (Å²) in [5.74, 6) is 0.352. The Balaban J connectivity index is 1.46. The lowest BCUT2D eigenvalue weighted by Gasteiger charge is -2.64. The second-order valence-corrected chi connectivity index (χ2v) is 8.30. The molecule has 1 atom stereocenters. The van der Waals surface area contributed by atoms with Gasteiger partial charge < -0.3 is 19.9 Å². The number of likely N-dealkylation sites (tertiary alicyclic amines) is 1. The summed E-state index contributed by atoms with van der Waals surface area (Å²) in [7, 11) is 3.37. The summed E-state index contributed by atoms with van der Waals surface area (Å²) in [5, 5.41) is 2.98. The van der Waals surface area contributed by atoms with Crippen molar-refractivity contribution in [1.82, 2.24) is 14.8 Å². The topological polar surface area (TPSA) is 74.8 Å². The first kappa shape index (κ1) is 18.2. The maximum atomic E-state index is 13.0. The molecule has 3 heterocycles. The van der Waals surface area contributed by atoms with Gasteiger partial charge in [-0.1, -0.05) is 6.42 Å². The molecule has 3 amide bonds. The number of nitrogens with one attached hydrogen (secondary N) is 1. The van der Waals surface area contributed by atoms with Gasteiger partial charge in [0.25, 0.3) is 5.91 Å². The molecule has 4 rings (SSSR count). The zero-order valence-electron chi connectivity index (χ0n) is 16.1. The second kappa shape index (κ2) is 7.11. The largest absolute Gasteiger partial charge is 0.381 e. The van der Waals surface area contributed by atoms with Crippen LogP contribution in [0.25, 0.3) is 0 Å². The normalized spacial score (nSPS) is 24.1. The van der Waals surface area contributed by atoms with E-state index < -0.39 is 0 Å². The molecule has 146 valence electrons. The van der Waals surface area contributed by atoms with Crippen molar-refractivity contribution in [3.8, 4) is 0 Å². The lowest BCUT2D eigenvalue weighted by atomic mass is 9.54. The van der Waals surface area contributed by atoms with Crippen LogP contribution in [0.2, 0.25) is 0 Å². The Bertz CT molecular complexity index is 726. The van der Waals surface area contributed by atoms with Crippen molar-refractivity contribution in [2.24, 2.45) is 11.3 Å². The van der Waals surface area contributed by atoms with Crippen LogP contribution in [0.5, 0.6) is 0 Å². The number of pyridine rings is 1. The summed E-state index contributed by atoms with van der Waals surface area (Å²) in [4.78, 5) is 32.7. The van der Waals surface area contributed by atoms with E-state index >= 15 is 0 Å². The lowest BCUT2D eigenvalue weighted by molar-refractivity contribution is -0.135. The van der Waals surface area contributed by atoms with Crippen molar-refractivity contribution in [3.05, 3.63) is 24.0 Å².